The van der Waals surface area contributed by atoms with Gasteiger partial charge in [0.05, 0.1) is 22.0 Å². The molecule has 1 amide bonds. The van der Waals surface area contributed by atoms with E-state index in [0.29, 0.717) is 37.3 Å². The number of fused-ring (bicyclic) bond motifs is 1. The van der Waals surface area contributed by atoms with E-state index in [2.05, 4.69) is 15.0 Å². The second-order valence-electron chi connectivity index (χ2n) is 8.74. The summed E-state index contributed by atoms with van der Waals surface area (Å²) in [6.07, 6.45) is 2.34. The lowest BCUT2D eigenvalue weighted by atomic mass is 10.1. The molecule has 0 atom stereocenters. The number of amides is 1. The molecule has 0 bridgehead atoms. The van der Waals surface area contributed by atoms with Crippen molar-refractivity contribution in [1.82, 2.24) is 29.9 Å². The van der Waals surface area contributed by atoms with Crippen molar-refractivity contribution in [3.8, 4) is 10.7 Å². The number of carbonyl (C=O) groups is 1. The molecule has 2 fully saturated rings. The molecule has 1 saturated heterocycles. The fourth-order valence-electron chi connectivity index (χ4n) is 4.36. The van der Waals surface area contributed by atoms with Gasteiger partial charge in [0, 0.05) is 37.5 Å². The van der Waals surface area contributed by atoms with Crippen molar-refractivity contribution in [1.29, 1.82) is 0 Å². The average molecular weight is 481 g/mol. The lowest BCUT2D eigenvalue weighted by Gasteiger charge is -2.33. The summed E-state index contributed by atoms with van der Waals surface area (Å²) < 4.78 is 5.44. The molecular weight excluding hydrogens is 456 g/mol. The molecule has 8 nitrogen and oxygen atoms in total. The van der Waals surface area contributed by atoms with E-state index in [1.54, 1.807) is 11.3 Å². The minimum Gasteiger partial charge on any atom is -0.338 e. The summed E-state index contributed by atoms with van der Waals surface area (Å²) in [6.45, 7) is 7.56. The third-order valence-corrected chi connectivity index (χ3v) is 8.39. The number of piperazine rings is 1. The topological polar surface area (TPSA) is 88.3 Å². The normalized spacial score (nSPS) is 17.2. The highest BCUT2D eigenvalue weighted by atomic mass is 32.1. The Morgan fingerprint density at radius 2 is 1.97 bits per heavy atom. The molecule has 6 rings (SSSR count). The zero-order valence-corrected chi connectivity index (χ0v) is 20.2. The van der Waals surface area contributed by atoms with E-state index < -0.39 is 0 Å². The van der Waals surface area contributed by atoms with Crippen molar-refractivity contribution in [3.05, 3.63) is 45.4 Å². The molecule has 4 aromatic heterocycles. The predicted molar refractivity (Wildman–Crippen MR) is 128 cm³/mol. The first-order valence-corrected chi connectivity index (χ1v) is 12.9. The third kappa shape index (κ3) is 3.96. The van der Waals surface area contributed by atoms with Gasteiger partial charge < -0.3 is 9.42 Å². The Hall–Kier alpha value is -2.69. The average Bonchev–Trinajstić information content (AvgIpc) is 3.18. The summed E-state index contributed by atoms with van der Waals surface area (Å²) in [5.41, 5.74) is 2.00. The number of aromatic nitrogens is 4. The molecule has 2 aliphatic rings. The summed E-state index contributed by atoms with van der Waals surface area (Å²) in [7, 11) is 0. The Kier molecular flexibility index (Phi) is 5.23. The minimum absolute atomic E-state index is 0.0975. The van der Waals surface area contributed by atoms with Crippen LogP contribution in [0.1, 0.15) is 51.4 Å². The van der Waals surface area contributed by atoms with E-state index in [4.69, 9.17) is 14.5 Å². The predicted octanol–water partition coefficient (Wildman–Crippen LogP) is 4.26. The van der Waals surface area contributed by atoms with Crippen LogP contribution in [0.25, 0.3) is 20.9 Å². The van der Waals surface area contributed by atoms with Gasteiger partial charge in [0.25, 0.3) is 5.91 Å². The second kappa shape index (κ2) is 8.27. The smallest absolute Gasteiger partial charge is 0.264 e. The molecule has 5 heterocycles. The molecule has 4 aromatic rings. The Morgan fingerprint density at radius 3 is 2.70 bits per heavy atom. The Morgan fingerprint density at radius 1 is 1.15 bits per heavy atom. The summed E-state index contributed by atoms with van der Waals surface area (Å²) in [4.78, 5) is 34.3. The van der Waals surface area contributed by atoms with Crippen LogP contribution in [-0.2, 0) is 6.54 Å². The molecule has 0 N–H and O–H groups in total. The van der Waals surface area contributed by atoms with Crippen LogP contribution in [0.2, 0.25) is 0 Å². The van der Waals surface area contributed by atoms with E-state index in [0.717, 1.165) is 50.1 Å². The van der Waals surface area contributed by atoms with Gasteiger partial charge in [-0.3, -0.25) is 9.69 Å². The summed E-state index contributed by atoms with van der Waals surface area (Å²) >= 11 is 3.11. The standard InChI is InChI=1S/C23H24N6O2S2/c1-13-18-14(2)24-20(15-5-6-15)26-22(18)33-19(13)23(30)29-9-7-28(8-10-29)12-17-25-21(27-31-17)16-4-3-11-32-16/h3-4,11,15H,5-10,12H2,1-2H3. The first-order chi connectivity index (χ1) is 16.1. The molecule has 170 valence electrons. The van der Waals surface area contributed by atoms with E-state index in [1.165, 1.54) is 24.2 Å². The molecule has 0 radical (unpaired) electrons. The SMILES string of the molecule is Cc1nc(C2CC2)nc2sc(C(=O)N3CCN(Cc4nc(-c5cccs5)no4)CC3)c(C)c12. The van der Waals surface area contributed by atoms with Crippen LogP contribution in [0.3, 0.4) is 0 Å². The molecular formula is C23H24N6O2S2. The highest BCUT2D eigenvalue weighted by molar-refractivity contribution is 7.20. The van der Waals surface area contributed by atoms with Crippen LogP contribution in [-0.4, -0.2) is 62.0 Å². The molecule has 1 aliphatic carbocycles. The van der Waals surface area contributed by atoms with Crippen LogP contribution in [0, 0.1) is 13.8 Å². The number of hydrogen-bond donors (Lipinski definition) is 0. The maximum Gasteiger partial charge on any atom is 0.264 e. The first-order valence-electron chi connectivity index (χ1n) is 11.2. The fourth-order valence-corrected chi connectivity index (χ4v) is 6.21. The van der Waals surface area contributed by atoms with Gasteiger partial charge in [-0.1, -0.05) is 11.2 Å². The van der Waals surface area contributed by atoms with Gasteiger partial charge >= 0.3 is 0 Å². The van der Waals surface area contributed by atoms with E-state index in [-0.39, 0.29) is 5.91 Å². The van der Waals surface area contributed by atoms with Crippen LogP contribution in [0.15, 0.2) is 22.0 Å². The van der Waals surface area contributed by atoms with Gasteiger partial charge in [-0.2, -0.15) is 4.98 Å². The van der Waals surface area contributed by atoms with Gasteiger partial charge in [0.1, 0.15) is 10.7 Å². The van der Waals surface area contributed by atoms with Crippen molar-refractivity contribution in [2.45, 2.75) is 39.2 Å². The highest BCUT2D eigenvalue weighted by Crippen LogP contribution is 2.40. The number of hydrogen-bond acceptors (Lipinski definition) is 9. The van der Waals surface area contributed by atoms with Crippen LogP contribution >= 0.6 is 22.7 Å². The molecule has 0 spiro atoms. The number of thiophene rings is 2. The van der Waals surface area contributed by atoms with E-state index in [1.807, 2.05) is 36.3 Å². The monoisotopic (exact) mass is 480 g/mol. The number of nitrogens with zero attached hydrogens (tertiary/aromatic N) is 6. The van der Waals surface area contributed by atoms with Crippen molar-refractivity contribution >= 4 is 38.8 Å². The van der Waals surface area contributed by atoms with Crippen LogP contribution in [0.5, 0.6) is 0 Å². The maximum atomic E-state index is 13.4. The van der Waals surface area contributed by atoms with Crippen molar-refractivity contribution < 1.29 is 9.32 Å². The lowest BCUT2D eigenvalue weighted by Crippen LogP contribution is -2.48. The number of carbonyl (C=O) groups excluding carboxylic acids is 1. The van der Waals surface area contributed by atoms with Gasteiger partial charge in [-0.25, -0.2) is 9.97 Å². The Balaban J connectivity index is 1.13. The molecule has 10 heteroatoms. The van der Waals surface area contributed by atoms with E-state index in [9.17, 15) is 4.79 Å². The Labute approximate surface area is 199 Å². The Bertz CT molecular complexity index is 1320. The van der Waals surface area contributed by atoms with Crippen LogP contribution in [0.4, 0.5) is 0 Å². The summed E-state index contributed by atoms with van der Waals surface area (Å²) in [5, 5.41) is 7.13. The van der Waals surface area contributed by atoms with Gasteiger partial charge in [0.2, 0.25) is 11.7 Å². The third-order valence-electron chi connectivity index (χ3n) is 6.35. The van der Waals surface area contributed by atoms with Crippen molar-refractivity contribution in [2.75, 3.05) is 26.2 Å². The zero-order chi connectivity index (χ0) is 22.5. The summed E-state index contributed by atoms with van der Waals surface area (Å²) in [6, 6.07) is 3.96. The van der Waals surface area contributed by atoms with Gasteiger partial charge in [-0.05, 0) is 43.7 Å². The minimum atomic E-state index is 0.0975. The fraction of sp³-hybridized carbons (Fsp3) is 0.435. The van der Waals surface area contributed by atoms with Crippen LogP contribution < -0.4 is 0 Å². The van der Waals surface area contributed by atoms with E-state index >= 15 is 0 Å². The summed E-state index contributed by atoms with van der Waals surface area (Å²) in [5.74, 6) is 2.79. The molecule has 0 aromatic carbocycles. The molecule has 0 unspecified atom stereocenters. The number of rotatable bonds is 5. The lowest BCUT2D eigenvalue weighted by molar-refractivity contribution is 0.0619. The van der Waals surface area contributed by atoms with Gasteiger partial charge in [-0.15, -0.1) is 22.7 Å². The van der Waals surface area contributed by atoms with Crippen molar-refractivity contribution in [3.63, 3.8) is 0 Å². The van der Waals surface area contributed by atoms with Crippen molar-refractivity contribution in [2.24, 2.45) is 0 Å². The molecule has 1 saturated carbocycles. The first kappa shape index (κ1) is 20.9. The highest BCUT2D eigenvalue weighted by Gasteiger charge is 2.30. The quantitative estimate of drug-likeness (QED) is 0.422. The zero-order valence-electron chi connectivity index (χ0n) is 18.6. The van der Waals surface area contributed by atoms with Gasteiger partial charge in [0.15, 0.2) is 0 Å². The molecule has 1 aliphatic heterocycles. The molecule has 33 heavy (non-hydrogen) atoms. The maximum absolute atomic E-state index is 13.4. The largest absolute Gasteiger partial charge is 0.338 e. The number of aryl methyl sites for hydroxylation is 2. The second-order valence-corrected chi connectivity index (χ2v) is 10.7.